The van der Waals surface area contributed by atoms with Gasteiger partial charge in [0.2, 0.25) is 0 Å². The Kier molecular flexibility index (Phi) is 3.39. The summed E-state index contributed by atoms with van der Waals surface area (Å²) in [5.41, 5.74) is 7.36. The minimum Gasteiger partial charge on any atom is -0.328 e. The average Bonchev–Trinajstić information content (AvgIpc) is 2.24. The fourth-order valence-corrected chi connectivity index (χ4v) is 2.31. The van der Waals surface area contributed by atoms with Crippen molar-refractivity contribution in [1.29, 1.82) is 0 Å². The van der Waals surface area contributed by atoms with Gasteiger partial charge in [0.25, 0.3) is 0 Å². The van der Waals surface area contributed by atoms with E-state index in [0.29, 0.717) is 12.1 Å². The summed E-state index contributed by atoms with van der Waals surface area (Å²) >= 11 is 0. The van der Waals surface area contributed by atoms with Gasteiger partial charge in [-0.05, 0) is 25.3 Å². The largest absolute Gasteiger partial charge is 0.328 e. The SMILES string of the molecule is C[C@H]1C[C@H](N)CCN1Cc1ccccc1. The van der Waals surface area contributed by atoms with E-state index in [0.717, 1.165) is 25.9 Å². The van der Waals surface area contributed by atoms with Crippen LogP contribution >= 0.6 is 0 Å². The van der Waals surface area contributed by atoms with Crippen LogP contribution < -0.4 is 5.73 Å². The van der Waals surface area contributed by atoms with Crippen LogP contribution in [-0.4, -0.2) is 23.5 Å². The molecule has 1 aromatic rings. The Morgan fingerprint density at radius 3 is 2.73 bits per heavy atom. The van der Waals surface area contributed by atoms with Gasteiger partial charge in [-0.3, -0.25) is 4.90 Å². The number of likely N-dealkylation sites (tertiary alicyclic amines) is 1. The summed E-state index contributed by atoms with van der Waals surface area (Å²) in [7, 11) is 0. The van der Waals surface area contributed by atoms with Crippen molar-refractivity contribution < 1.29 is 0 Å². The molecule has 0 spiro atoms. The molecule has 1 aliphatic heterocycles. The highest BCUT2D eigenvalue weighted by Gasteiger charge is 2.22. The van der Waals surface area contributed by atoms with E-state index in [9.17, 15) is 0 Å². The van der Waals surface area contributed by atoms with E-state index >= 15 is 0 Å². The molecule has 0 saturated carbocycles. The summed E-state index contributed by atoms with van der Waals surface area (Å²) in [6.45, 7) is 4.48. The fourth-order valence-electron chi connectivity index (χ4n) is 2.31. The van der Waals surface area contributed by atoms with Gasteiger partial charge in [0.15, 0.2) is 0 Å². The molecule has 2 N–H and O–H groups in total. The Morgan fingerprint density at radius 1 is 1.33 bits per heavy atom. The number of rotatable bonds is 2. The van der Waals surface area contributed by atoms with Crippen molar-refractivity contribution in [2.75, 3.05) is 6.54 Å². The Labute approximate surface area is 92.1 Å². The molecule has 2 rings (SSSR count). The van der Waals surface area contributed by atoms with Crippen LogP contribution in [0, 0.1) is 0 Å². The van der Waals surface area contributed by atoms with Crippen molar-refractivity contribution in [3.8, 4) is 0 Å². The third kappa shape index (κ3) is 2.80. The van der Waals surface area contributed by atoms with Gasteiger partial charge in [0.05, 0.1) is 0 Å². The lowest BCUT2D eigenvalue weighted by molar-refractivity contribution is 0.140. The Hall–Kier alpha value is -0.860. The molecule has 1 fully saturated rings. The Morgan fingerprint density at radius 2 is 2.07 bits per heavy atom. The van der Waals surface area contributed by atoms with Crippen molar-refractivity contribution >= 4 is 0 Å². The van der Waals surface area contributed by atoms with E-state index in [4.69, 9.17) is 5.73 Å². The second-order valence-corrected chi connectivity index (χ2v) is 4.59. The highest BCUT2D eigenvalue weighted by Crippen LogP contribution is 2.18. The molecule has 0 aliphatic carbocycles. The molecule has 0 amide bonds. The van der Waals surface area contributed by atoms with Crippen molar-refractivity contribution in [3.63, 3.8) is 0 Å². The first-order chi connectivity index (χ1) is 7.25. The van der Waals surface area contributed by atoms with Gasteiger partial charge in [-0.1, -0.05) is 30.3 Å². The summed E-state index contributed by atoms with van der Waals surface area (Å²) < 4.78 is 0. The van der Waals surface area contributed by atoms with Crippen LogP contribution in [-0.2, 0) is 6.54 Å². The zero-order chi connectivity index (χ0) is 10.7. The van der Waals surface area contributed by atoms with E-state index in [1.807, 2.05) is 0 Å². The van der Waals surface area contributed by atoms with Gasteiger partial charge in [0, 0.05) is 25.2 Å². The summed E-state index contributed by atoms with van der Waals surface area (Å²) in [6.07, 6.45) is 2.27. The van der Waals surface area contributed by atoms with Gasteiger partial charge in [-0.15, -0.1) is 0 Å². The zero-order valence-corrected chi connectivity index (χ0v) is 9.39. The van der Waals surface area contributed by atoms with Crippen LogP contribution in [0.2, 0.25) is 0 Å². The number of nitrogens with two attached hydrogens (primary N) is 1. The first-order valence-electron chi connectivity index (χ1n) is 5.79. The Balaban J connectivity index is 1.95. The summed E-state index contributed by atoms with van der Waals surface area (Å²) in [6, 6.07) is 11.7. The third-order valence-corrected chi connectivity index (χ3v) is 3.28. The molecule has 1 aromatic carbocycles. The lowest BCUT2D eigenvalue weighted by atomic mass is 9.98. The number of hydrogen-bond acceptors (Lipinski definition) is 2. The molecule has 0 radical (unpaired) electrons. The minimum atomic E-state index is 0.409. The maximum absolute atomic E-state index is 5.95. The fraction of sp³-hybridized carbons (Fsp3) is 0.538. The molecule has 2 nitrogen and oxygen atoms in total. The van der Waals surface area contributed by atoms with Crippen LogP contribution in [0.1, 0.15) is 25.3 Å². The molecule has 1 saturated heterocycles. The maximum Gasteiger partial charge on any atom is 0.0236 e. The molecule has 0 bridgehead atoms. The normalized spacial score (nSPS) is 27.9. The van der Waals surface area contributed by atoms with Crippen LogP contribution in [0.25, 0.3) is 0 Å². The lowest BCUT2D eigenvalue weighted by Crippen LogP contribution is -2.44. The number of hydrogen-bond donors (Lipinski definition) is 1. The predicted molar refractivity (Wildman–Crippen MR) is 63.5 cm³/mol. The average molecular weight is 204 g/mol. The second kappa shape index (κ2) is 4.77. The summed E-state index contributed by atoms with van der Waals surface area (Å²) in [4.78, 5) is 2.53. The topological polar surface area (TPSA) is 29.3 Å². The Bertz CT molecular complexity index is 297. The van der Waals surface area contributed by atoms with Crippen molar-refractivity contribution in [2.24, 2.45) is 5.73 Å². The molecular weight excluding hydrogens is 184 g/mol. The molecule has 1 heterocycles. The minimum absolute atomic E-state index is 0.409. The van der Waals surface area contributed by atoms with E-state index in [1.54, 1.807) is 0 Å². The van der Waals surface area contributed by atoms with E-state index in [2.05, 4.69) is 42.2 Å². The van der Waals surface area contributed by atoms with Crippen LogP contribution in [0.15, 0.2) is 30.3 Å². The number of piperidine rings is 1. The highest BCUT2D eigenvalue weighted by atomic mass is 15.2. The van der Waals surface area contributed by atoms with E-state index in [-0.39, 0.29) is 0 Å². The van der Waals surface area contributed by atoms with Gasteiger partial charge < -0.3 is 5.73 Å². The van der Waals surface area contributed by atoms with Crippen molar-refractivity contribution in [3.05, 3.63) is 35.9 Å². The first kappa shape index (κ1) is 10.7. The number of nitrogens with zero attached hydrogens (tertiary/aromatic N) is 1. The molecular formula is C13H20N2. The zero-order valence-electron chi connectivity index (χ0n) is 9.39. The highest BCUT2D eigenvalue weighted by molar-refractivity contribution is 5.14. The molecule has 0 aromatic heterocycles. The van der Waals surface area contributed by atoms with Gasteiger partial charge in [0.1, 0.15) is 0 Å². The van der Waals surface area contributed by atoms with Crippen molar-refractivity contribution in [2.45, 2.75) is 38.4 Å². The van der Waals surface area contributed by atoms with Gasteiger partial charge in [-0.2, -0.15) is 0 Å². The van der Waals surface area contributed by atoms with E-state index < -0.39 is 0 Å². The van der Waals surface area contributed by atoms with Crippen LogP contribution in [0.3, 0.4) is 0 Å². The second-order valence-electron chi connectivity index (χ2n) is 4.59. The van der Waals surface area contributed by atoms with Crippen LogP contribution in [0.4, 0.5) is 0 Å². The standard InChI is InChI=1S/C13H20N2/c1-11-9-13(14)7-8-15(11)10-12-5-3-2-4-6-12/h2-6,11,13H,7-10,14H2,1H3/t11-,13+/m0/s1. The van der Waals surface area contributed by atoms with Gasteiger partial charge in [-0.25, -0.2) is 0 Å². The van der Waals surface area contributed by atoms with E-state index in [1.165, 1.54) is 5.56 Å². The molecule has 2 atom stereocenters. The third-order valence-electron chi connectivity index (χ3n) is 3.28. The lowest BCUT2D eigenvalue weighted by Gasteiger charge is -2.36. The quantitative estimate of drug-likeness (QED) is 0.798. The molecule has 2 heteroatoms. The molecule has 1 aliphatic rings. The number of benzene rings is 1. The van der Waals surface area contributed by atoms with Crippen LogP contribution in [0.5, 0.6) is 0 Å². The van der Waals surface area contributed by atoms with Crippen molar-refractivity contribution in [1.82, 2.24) is 4.90 Å². The summed E-state index contributed by atoms with van der Waals surface area (Å²) in [5, 5.41) is 0. The molecule has 15 heavy (non-hydrogen) atoms. The first-order valence-corrected chi connectivity index (χ1v) is 5.79. The monoisotopic (exact) mass is 204 g/mol. The molecule has 0 unspecified atom stereocenters. The maximum atomic E-state index is 5.95. The smallest absolute Gasteiger partial charge is 0.0236 e. The van der Waals surface area contributed by atoms with Gasteiger partial charge >= 0.3 is 0 Å². The predicted octanol–water partition coefficient (Wildman–Crippen LogP) is 2.00. The summed E-state index contributed by atoms with van der Waals surface area (Å²) in [5.74, 6) is 0. The molecule has 82 valence electrons.